The largest absolute Gasteiger partial charge is 0.272 e. The topological polar surface area (TPSA) is 37.4 Å². The van der Waals surface area contributed by atoms with Crippen molar-refractivity contribution in [2.75, 3.05) is 0 Å². The van der Waals surface area contributed by atoms with Crippen LogP contribution in [-0.4, -0.2) is 22.8 Å². The first-order valence-corrected chi connectivity index (χ1v) is 12.2. The Kier molecular flexibility index (Phi) is 4.25. The van der Waals surface area contributed by atoms with E-state index < -0.39 is 0 Å². The highest BCUT2D eigenvalue weighted by atomic mass is 16.2. The van der Waals surface area contributed by atoms with Crippen molar-refractivity contribution in [1.82, 2.24) is 4.90 Å². The number of imide groups is 1. The van der Waals surface area contributed by atoms with Crippen LogP contribution in [0.2, 0.25) is 0 Å². The average Bonchev–Trinajstić information content (AvgIpc) is 3.20. The van der Waals surface area contributed by atoms with Gasteiger partial charge in [0.25, 0.3) is 11.8 Å². The van der Waals surface area contributed by atoms with Gasteiger partial charge in [0, 0.05) is 22.6 Å². The molecule has 5 aromatic rings. The van der Waals surface area contributed by atoms with Crippen molar-refractivity contribution < 1.29 is 9.59 Å². The van der Waals surface area contributed by atoms with Crippen molar-refractivity contribution in [3.8, 4) is 22.3 Å². The van der Waals surface area contributed by atoms with E-state index in [0.717, 1.165) is 34.7 Å². The second-order valence-corrected chi connectivity index (χ2v) is 9.67. The van der Waals surface area contributed by atoms with Gasteiger partial charge in [-0.25, -0.2) is 0 Å². The summed E-state index contributed by atoms with van der Waals surface area (Å²) in [5.41, 5.74) is 7.01. The van der Waals surface area contributed by atoms with Crippen molar-refractivity contribution in [1.29, 1.82) is 0 Å². The second-order valence-electron chi connectivity index (χ2n) is 9.67. The summed E-state index contributed by atoms with van der Waals surface area (Å²) < 4.78 is 0. The standard InChI is InChI=1S/C32H23NO2/c1-19(11-12-20-7-3-2-4-8-20)33-31(34)25-15-13-23-27-17-21-9-5-6-10-22(21)18-28(27)24-14-16-26(32(33)35)30(25)29(23)24/h2-10,13-19H,11-12H2,1H3. The van der Waals surface area contributed by atoms with Crippen LogP contribution in [0.5, 0.6) is 0 Å². The SMILES string of the molecule is CC(CCc1ccccc1)N1C(=O)c2ccc3c4c(ccc(c24)C1=O)-c1cc2ccccc2cc1-3. The van der Waals surface area contributed by atoms with Gasteiger partial charge >= 0.3 is 0 Å². The summed E-state index contributed by atoms with van der Waals surface area (Å²) in [6.07, 6.45) is 1.55. The van der Waals surface area contributed by atoms with E-state index in [2.05, 4.69) is 60.7 Å². The van der Waals surface area contributed by atoms with Gasteiger partial charge in [-0.3, -0.25) is 14.5 Å². The molecule has 5 aromatic carbocycles. The molecule has 2 aliphatic rings. The fourth-order valence-corrected chi connectivity index (χ4v) is 5.89. The predicted molar refractivity (Wildman–Crippen MR) is 141 cm³/mol. The molecule has 3 nitrogen and oxygen atoms in total. The van der Waals surface area contributed by atoms with Gasteiger partial charge in [-0.15, -0.1) is 0 Å². The monoisotopic (exact) mass is 453 g/mol. The number of carbonyl (C=O) groups is 2. The Morgan fingerprint density at radius 2 is 1.09 bits per heavy atom. The van der Waals surface area contributed by atoms with Crippen LogP contribution < -0.4 is 0 Å². The predicted octanol–water partition coefficient (Wildman–Crippen LogP) is 7.26. The molecule has 0 radical (unpaired) electrons. The summed E-state index contributed by atoms with van der Waals surface area (Å²) in [6.45, 7) is 1.98. The van der Waals surface area contributed by atoms with Gasteiger partial charge < -0.3 is 0 Å². The van der Waals surface area contributed by atoms with Gasteiger partial charge in [-0.05, 0) is 88.0 Å². The first-order valence-electron chi connectivity index (χ1n) is 12.2. The minimum Gasteiger partial charge on any atom is -0.272 e. The third-order valence-electron chi connectivity index (χ3n) is 7.66. The molecule has 2 amide bonds. The molecule has 0 spiro atoms. The molecule has 1 aliphatic carbocycles. The Labute approximate surface area is 203 Å². The third kappa shape index (κ3) is 2.85. The number of rotatable bonds is 4. The Bertz CT molecular complexity index is 1600. The van der Waals surface area contributed by atoms with Gasteiger partial charge in [0.15, 0.2) is 0 Å². The van der Waals surface area contributed by atoms with Crippen LogP contribution in [0, 0.1) is 0 Å². The molecule has 0 saturated carbocycles. The molecule has 1 aliphatic heterocycles. The molecule has 0 bridgehead atoms. The fourth-order valence-electron chi connectivity index (χ4n) is 5.89. The molecule has 0 N–H and O–H groups in total. The van der Waals surface area contributed by atoms with Crippen LogP contribution in [-0.2, 0) is 6.42 Å². The summed E-state index contributed by atoms with van der Waals surface area (Å²) in [4.78, 5) is 28.8. The number of benzene rings is 5. The Morgan fingerprint density at radius 1 is 0.600 bits per heavy atom. The lowest BCUT2D eigenvalue weighted by molar-refractivity contribution is 0.0545. The zero-order chi connectivity index (χ0) is 23.7. The first kappa shape index (κ1) is 20.2. The van der Waals surface area contributed by atoms with Crippen LogP contribution in [0.1, 0.15) is 39.6 Å². The van der Waals surface area contributed by atoms with Crippen LogP contribution in [0.4, 0.5) is 0 Å². The van der Waals surface area contributed by atoms with E-state index in [1.54, 1.807) is 0 Å². The average molecular weight is 454 g/mol. The zero-order valence-electron chi connectivity index (χ0n) is 19.4. The van der Waals surface area contributed by atoms with Crippen molar-refractivity contribution in [3.05, 3.63) is 108 Å². The first-order chi connectivity index (χ1) is 17.1. The second kappa shape index (κ2) is 7.38. The molecular formula is C32H23NO2. The minimum absolute atomic E-state index is 0.187. The van der Waals surface area contributed by atoms with Gasteiger partial charge in [0.1, 0.15) is 0 Å². The third-order valence-corrected chi connectivity index (χ3v) is 7.66. The Balaban J connectivity index is 1.33. The molecule has 7 rings (SSSR count). The number of amides is 2. The molecule has 1 atom stereocenters. The maximum atomic E-state index is 13.7. The van der Waals surface area contributed by atoms with Gasteiger partial charge in [0.2, 0.25) is 0 Å². The van der Waals surface area contributed by atoms with E-state index in [4.69, 9.17) is 0 Å². The summed E-state index contributed by atoms with van der Waals surface area (Å²) in [7, 11) is 0. The van der Waals surface area contributed by atoms with E-state index in [1.165, 1.54) is 32.4 Å². The number of hydrogen-bond acceptors (Lipinski definition) is 2. The number of fused-ring (bicyclic) bond motifs is 4. The molecular weight excluding hydrogens is 430 g/mol. The molecule has 3 heteroatoms. The zero-order valence-corrected chi connectivity index (χ0v) is 19.4. The number of nitrogens with zero attached hydrogens (tertiary/aromatic N) is 1. The van der Waals surface area contributed by atoms with E-state index in [9.17, 15) is 9.59 Å². The summed E-state index contributed by atoms with van der Waals surface area (Å²) in [6, 6.07) is 30.8. The lowest BCUT2D eigenvalue weighted by Gasteiger charge is -2.32. The minimum atomic E-state index is -0.189. The molecule has 35 heavy (non-hydrogen) atoms. The molecule has 0 fully saturated rings. The van der Waals surface area contributed by atoms with Crippen molar-refractivity contribution in [2.24, 2.45) is 0 Å². The highest BCUT2D eigenvalue weighted by Gasteiger charge is 2.38. The number of hydrogen-bond donors (Lipinski definition) is 0. The molecule has 1 heterocycles. The summed E-state index contributed by atoms with van der Waals surface area (Å²) in [5, 5.41) is 4.22. The van der Waals surface area contributed by atoms with E-state index in [-0.39, 0.29) is 17.9 Å². The van der Waals surface area contributed by atoms with Crippen LogP contribution in [0.15, 0.2) is 91.0 Å². The maximum Gasteiger partial charge on any atom is 0.261 e. The molecule has 0 aromatic heterocycles. The molecule has 168 valence electrons. The van der Waals surface area contributed by atoms with Gasteiger partial charge in [0.05, 0.1) is 0 Å². The highest BCUT2D eigenvalue weighted by molar-refractivity contribution is 6.31. The quantitative estimate of drug-likeness (QED) is 0.264. The van der Waals surface area contributed by atoms with E-state index in [0.29, 0.717) is 11.1 Å². The van der Waals surface area contributed by atoms with Crippen LogP contribution in [0.3, 0.4) is 0 Å². The van der Waals surface area contributed by atoms with Crippen LogP contribution >= 0.6 is 0 Å². The molecule has 0 saturated heterocycles. The van der Waals surface area contributed by atoms with Crippen LogP contribution in [0.25, 0.3) is 43.8 Å². The Hall–Kier alpha value is -4.24. The van der Waals surface area contributed by atoms with Gasteiger partial charge in [-0.2, -0.15) is 0 Å². The smallest absolute Gasteiger partial charge is 0.261 e. The van der Waals surface area contributed by atoms with E-state index >= 15 is 0 Å². The maximum absolute atomic E-state index is 13.7. The summed E-state index contributed by atoms with van der Waals surface area (Å²) in [5.74, 6) is -0.374. The normalized spacial score (nSPS) is 14.6. The van der Waals surface area contributed by atoms with Crippen molar-refractivity contribution in [2.45, 2.75) is 25.8 Å². The number of carbonyl (C=O) groups excluding carboxylic acids is 2. The molecule has 1 unspecified atom stereocenters. The summed E-state index contributed by atoms with van der Waals surface area (Å²) >= 11 is 0. The van der Waals surface area contributed by atoms with Crippen molar-refractivity contribution in [3.63, 3.8) is 0 Å². The lowest BCUT2D eigenvalue weighted by atomic mass is 9.89. The van der Waals surface area contributed by atoms with Crippen molar-refractivity contribution >= 4 is 33.4 Å². The lowest BCUT2D eigenvalue weighted by Crippen LogP contribution is -2.46. The number of aryl methyl sites for hydroxylation is 1. The highest BCUT2D eigenvalue weighted by Crippen LogP contribution is 2.51. The van der Waals surface area contributed by atoms with Gasteiger partial charge in [-0.1, -0.05) is 66.7 Å². The Morgan fingerprint density at radius 3 is 1.66 bits per heavy atom. The van der Waals surface area contributed by atoms with E-state index in [1.807, 2.05) is 37.3 Å². The fraction of sp³-hybridized carbons (Fsp3) is 0.125.